The fourth-order valence-corrected chi connectivity index (χ4v) is 4.57. The van der Waals surface area contributed by atoms with Crippen molar-refractivity contribution >= 4 is 22.5 Å². The number of alkyl halides is 3. The summed E-state index contributed by atoms with van der Waals surface area (Å²) in [5.74, 6) is -0.480. The Morgan fingerprint density at radius 2 is 1.71 bits per heavy atom. The summed E-state index contributed by atoms with van der Waals surface area (Å²) in [6, 6.07) is 20.6. The zero-order chi connectivity index (χ0) is 23.9. The minimum atomic E-state index is -4.56. The van der Waals surface area contributed by atoms with Crippen molar-refractivity contribution in [2.24, 2.45) is 0 Å². The molecule has 172 valence electrons. The van der Waals surface area contributed by atoms with E-state index in [4.69, 9.17) is 0 Å². The van der Waals surface area contributed by atoms with Gasteiger partial charge < -0.3 is 9.47 Å². The molecule has 4 aromatic rings. The number of rotatable bonds is 4. The van der Waals surface area contributed by atoms with Crippen LogP contribution in [0.25, 0.3) is 10.9 Å². The van der Waals surface area contributed by atoms with Gasteiger partial charge in [-0.2, -0.15) is 13.2 Å². The molecular weight excluding hydrogens is 441 g/mol. The Balaban J connectivity index is 1.64. The van der Waals surface area contributed by atoms with E-state index >= 15 is 0 Å². The Morgan fingerprint density at radius 1 is 0.941 bits per heavy atom. The Bertz CT molecular complexity index is 1440. The van der Waals surface area contributed by atoms with E-state index in [9.17, 15) is 22.8 Å². The van der Waals surface area contributed by atoms with Gasteiger partial charge in [-0.25, -0.2) is 0 Å². The SMILES string of the molecule is O=C(c1ccccc1)N(Cc1cc2cccc3c2n(c1=O)CCC3)c1cccc(C(F)(F)F)c1. The van der Waals surface area contributed by atoms with Gasteiger partial charge in [-0.3, -0.25) is 9.59 Å². The number of para-hydroxylation sites is 1. The fourth-order valence-electron chi connectivity index (χ4n) is 4.57. The second kappa shape index (κ2) is 8.48. The van der Waals surface area contributed by atoms with Crippen LogP contribution in [0.2, 0.25) is 0 Å². The zero-order valence-electron chi connectivity index (χ0n) is 18.2. The standard InChI is InChI=1S/C27H21F3N2O2/c28-27(29,30)22-12-5-13-23(16-22)32(25(33)19-7-2-1-3-8-19)17-21-15-20-10-4-9-18-11-6-14-31(24(18)20)26(21)34/h1-5,7-10,12-13,15-16H,6,11,14,17H2. The van der Waals surface area contributed by atoms with Gasteiger partial charge in [0.05, 0.1) is 17.6 Å². The van der Waals surface area contributed by atoms with Crippen LogP contribution in [0.5, 0.6) is 0 Å². The van der Waals surface area contributed by atoms with Gasteiger partial charge >= 0.3 is 6.18 Å². The fraction of sp³-hybridized carbons (Fsp3) is 0.185. The molecule has 3 aromatic carbocycles. The van der Waals surface area contributed by atoms with Crippen molar-refractivity contribution < 1.29 is 18.0 Å². The molecule has 0 spiro atoms. The van der Waals surface area contributed by atoms with E-state index < -0.39 is 17.6 Å². The maximum atomic E-state index is 13.4. The van der Waals surface area contributed by atoms with Gasteiger partial charge in [0.15, 0.2) is 0 Å². The molecule has 1 aliphatic heterocycles. The molecule has 7 heteroatoms. The van der Waals surface area contributed by atoms with Crippen molar-refractivity contribution in [2.75, 3.05) is 4.90 Å². The lowest BCUT2D eigenvalue weighted by Gasteiger charge is -2.25. The summed E-state index contributed by atoms with van der Waals surface area (Å²) in [6.07, 6.45) is -2.84. The molecule has 0 fully saturated rings. The predicted octanol–water partition coefficient (Wildman–Crippen LogP) is 5.81. The molecule has 0 atom stereocenters. The second-order valence-electron chi connectivity index (χ2n) is 8.39. The number of nitrogens with zero attached hydrogens (tertiary/aromatic N) is 2. The highest BCUT2D eigenvalue weighted by Crippen LogP contribution is 2.33. The Morgan fingerprint density at radius 3 is 2.47 bits per heavy atom. The quantitative estimate of drug-likeness (QED) is 0.384. The number of hydrogen-bond donors (Lipinski definition) is 0. The number of hydrogen-bond acceptors (Lipinski definition) is 2. The van der Waals surface area contributed by atoms with Crippen molar-refractivity contribution in [1.82, 2.24) is 4.57 Å². The second-order valence-corrected chi connectivity index (χ2v) is 8.39. The number of anilines is 1. The summed E-state index contributed by atoms with van der Waals surface area (Å²) in [5, 5.41) is 0.878. The highest BCUT2D eigenvalue weighted by Gasteiger charge is 2.31. The maximum Gasteiger partial charge on any atom is 0.416 e. The molecule has 5 rings (SSSR count). The van der Waals surface area contributed by atoms with Gasteiger partial charge in [-0.05, 0) is 60.2 Å². The van der Waals surface area contributed by atoms with E-state index in [1.807, 2.05) is 18.2 Å². The smallest absolute Gasteiger partial charge is 0.308 e. The van der Waals surface area contributed by atoms with Crippen molar-refractivity contribution in [3.05, 3.63) is 111 Å². The first kappa shape index (κ1) is 21.9. The molecule has 2 heterocycles. The third kappa shape index (κ3) is 3.98. The van der Waals surface area contributed by atoms with Crippen molar-refractivity contribution in [3.63, 3.8) is 0 Å². The highest BCUT2D eigenvalue weighted by molar-refractivity contribution is 6.06. The number of benzene rings is 3. The van der Waals surface area contributed by atoms with Crippen LogP contribution in [0.3, 0.4) is 0 Å². The van der Waals surface area contributed by atoms with E-state index in [0.717, 1.165) is 41.4 Å². The van der Waals surface area contributed by atoms with Gasteiger partial charge in [0, 0.05) is 23.4 Å². The molecule has 0 unspecified atom stereocenters. The van der Waals surface area contributed by atoms with Crippen LogP contribution in [0.15, 0.2) is 83.7 Å². The lowest BCUT2D eigenvalue weighted by molar-refractivity contribution is -0.137. The Labute approximate surface area is 193 Å². The van der Waals surface area contributed by atoms with Crippen molar-refractivity contribution in [3.8, 4) is 0 Å². The van der Waals surface area contributed by atoms with Crippen molar-refractivity contribution in [1.29, 1.82) is 0 Å². The van der Waals surface area contributed by atoms with Crippen molar-refractivity contribution in [2.45, 2.75) is 32.1 Å². The summed E-state index contributed by atoms with van der Waals surface area (Å²) in [6.45, 7) is 0.421. The molecule has 0 saturated carbocycles. The third-order valence-electron chi connectivity index (χ3n) is 6.18. The Kier molecular flexibility index (Phi) is 5.48. The minimum absolute atomic E-state index is 0.0792. The molecule has 0 saturated heterocycles. The summed E-state index contributed by atoms with van der Waals surface area (Å²) in [5.41, 5.74) is 1.67. The average Bonchev–Trinajstić information content (AvgIpc) is 2.85. The van der Waals surface area contributed by atoms with E-state index in [1.54, 1.807) is 41.0 Å². The van der Waals surface area contributed by atoms with Crippen LogP contribution >= 0.6 is 0 Å². The normalized spacial score (nSPS) is 13.1. The van der Waals surface area contributed by atoms with Gasteiger partial charge in [-0.1, -0.05) is 42.5 Å². The van der Waals surface area contributed by atoms with Gasteiger partial charge in [0.25, 0.3) is 11.5 Å². The lowest BCUT2D eigenvalue weighted by atomic mass is 10.00. The van der Waals surface area contributed by atoms with Crippen LogP contribution in [0, 0.1) is 0 Å². The summed E-state index contributed by atoms with van der Waals surface area (Å²) in [7, 11) is 0. The van der Waals surface area contributed by atoms with Crippen LogP contribution in [-0.2, 0) is 25.7 Å². The van der Waals surface area contributed by atoms with E-state index in [-0.39, 0.29) is 17.8 Å². The van der Waals surface area contributed by atoms with Gasteiger partial charge in [0.1, 0.15) is 0 Å². The molecule has 4 nitrogen and oxygen atoms in total. The third-order valence-corrected chi connectivity index (χ3v) is 6.18. The first-order chi connectivity index (χ1) is 16.3. The predicted molar refractivity (Wildman–Crippen MR) is 125 cm³/mol. The molecule has 0 aliphatic carbocycles. The minimum Gasteiger partial charge on any atom is -0.308 e. The number of aryl methyl sites for hydroxylation is 2. The molecule has 1 amide bonds. The largest absolute Gasteiger partial charge is 0.416 e. The number of pyridine rings is 1. The van der Waals surface area contributed by atoms with Gasteiger partial charge in [-0.15, -0.1) is 0 Å². The summed E-state index contributed by atoms with van der Waals surface area (Å²) >= 11 is 0. The number of carbonyl (C=O) groups is 1. The Hall–Kier alpha value is -3.87. The monoisotopic (exact) mass is 462 g/mol. The molecule has 34 heavy (non-hydrogen) atoms. The lowest BCUT2D eigenvalue weighted by Crippen LogP contribution is -2.35. The van der Waals surface area contributed by atoms with Crippen LogP contribution in [0.1, 0.15) is 33.5 Å². The summed E-state index contributed by atoms with van der Waals surface area (Å²) < 4.78 is 41.9. The molecular formula is C27H21F3N2O2. The summed E-state index contributed by atoms with van der Waals surface area (Å²) in [4.78, 5) is 28.1. The highest BCUT2D eigenvalue weighted by atomic mass is 19.4. The van der Waals surface area contributed by atoms with E-state index in [2.05, 4.69) is 0 Å². The van der Waals surface area contributed by atoms with Gasteiger partial charge in [0.2, 0.25) is 0 Å². The van der Waals surface area contributed by atoms with E-state index in [0.29, 0.717) is 17.7 Å². The first-order valence-corrected chi connectivity index (χ1v) is 11.0. The van der Waals surface area contributed by atoms with Crippen LogP contribution in [0.4, 0.5) is 18.9 Å². The first-order valence-electron chi connectivity index (χ1n) is 11.0. The van der Waals surface area contributed by atoms with Crippen LogP contribution < -0.4 is 10.5 Å². The average molecular weight is 462 g/mol. The number of aromatic nitrogens is 1. The zero-order valence-corrected chi connectivity index (χ0v) is 18.2. The number of carbonyl (C=O) groups excluding carboxylic acids is 1. The number of halogens is 3. The molecule has 0 radical (unpaired) electrons. The molecule has 1 aromatic heterocycles. The maximum absolute atomic E-state index is 13.4. The number of amides is 1. The topological polar surface area (TPSA) is 42.3 Å². The van der Waals surface area contributed by atoms with Crippen LogP contribution in [-0.4, -0.2) is 10.5 Å². The molecule has 1 aliphatic rings. The molecule has 0 N–H and O–H groups in total. The van der Waals surface area contributed by atoms with E-state index in [1.165, 1.54) is 17.0 Å². The molecule has 0 bridgehead atoms.